The normalized spacial score (nSPS) is 16.1. The highest BCUT2D eigenvalue weighted by Crippen LogP contribution is 2.51. The quantitative estimate of drug-likeness (QED) is 0.877. The molecule has 0 amide bonds. The molecule has 0 bridgehead atoms. The number of para-hydroxylation sites is 1. The van der Waals surface area contributed by atoms with Crippen LogP contribution in [0.1, 0.15) is 37.0 Å². The smallest absolute Gasteiger partial charge is 0.336 e. The van der Waals surface area contributed by atoms with Gasteiger partial charge in [0.05, 0.1) is 11.1 Å². The van der Waals surface area contributed by atoms with Crippen LogP contribution in [0.3, 0.4) is 0 Å². The molecule has 1 aliphatic rings. The zero-order chi connectivity index (χ0) is 15.0. The molecule has 1 heterocycles. The molecule has 2 N–H and O–H groups in total. The average molecular weight is 284 g/mol. The Morgan fingerprint density at radius 3 is 2.71 bits per heavy atom. The van der Waals surface area contributed by atoms with Gasteiger partial charge in [-0.15, -0.1) is 0 Å². The fourth-order valence-electron chi connectivity index (χ4n) is 2.83. The number of aromatic carboxylic acids is 1. The number of hydrogen-bond donors (Lipinski definition) is 2. The molecular weight excluding hydrogens is 264 g/mol. The fourth-order valence-corrected chi connectivity index (χ4v) is 2.83. The van der Waals surface area contributed by atoms with Crippen LogP contribution in [-0.2, 0) is 0 Å². The molecule has 4 heteroatoms. The van der Waals surface area contributed by atoms with Gasteiger partial charge in [-0.1, -0.05) is 32.0 Å². The summed E-state index contributed by atoms with van der Waals surface area (Å²) in [5, 5.41) is 13.4. The number of aromatic nitrogens is 1. The van der Waals surface area contributed by atoms with Crippen LogP contribution in [0, 0.1) is 11.3 Å². The molecule has 0 radical (unpaired) electrons. The molecule has 0 atom stereocenters. The Morgan fingerprint density at radius 2 is 2.10 bits per heavy atom. The fraction of sp³-hybridized carbons (Fsp3) is 0.412. The number of carboxylic acids is 1. The third-order valence-electron chi connectivity index (χ3n) is 4.69. The van der Waals surface area contributed by atoms with E-state index >= 15 is 0 Å². The second kappa shape index (κ2) is 5.02. The second-order valence-electron chi connectivity index (χ2n) is 6.25. The van der Waals surface area contributed by atoms with Crippen molar-refractivity contribution in [1.29, 1.82) is 0 Å². The van der Waals surface area contributed by atoms with E-state index in [0.29, 0.717) is 33.6 Å². The van der Waals surface area contributed by atoms with E-state index in [-0.39, 0.29) is 0 Å². The molecule has 0 aliphatic heterocycles. The topological polar surface area (TPSA) is 62.2 Å². The van der Waals surface area contributed by atoms with Crippen LogP contribution < -0.4 is 5.32 Å². The number of fused-ring (bicyclic) bond motifs is 1. The molecule has 0 spiro atoms. The number of carbonyl (C=O) groups is 1. The Labute approximate surface area is 124 Å². The van der Waals surface area contributed by atoms with E-state index in [1.807, 2.05) is 18.2 Å². The van der Waals surface area contributed by atoms with E-state index in [0.717, 1.165) is 6.54 Å². The molecule has 2 aromatic rings. The number of hydrogen-bond acceptors (Lipinski definition) is 3. The van der Waals surface area contributed by atoms with Crippen molar-refractivity contribution in [3.63, 3.8) is 0 Å². The number of nitrogens with zero attached hydrogens (tertiary/aromatic N) is 1. The Kier molecular flexibility index (Phi) is 3.32. The Bertz CT molecular complexity index is 690. The van der Waals surface area contributed by atoms with E-state index in [1.165, 1.54) is 12.8 Å². The first-order chi connectivity index (χ1) is 10.0. The predicted octanol–water partition coefficient (Wildman–Crippen LogP) is 3.78. The van der Waals surface area contributed by atoms with Crippen molar-refractivity contribution in [2.24, 2.45) is 11.3 Å². The molecule has 21 heavy (non-hydrogen) atoms. The first-order valence-electron chi connectivity index (χ1n) is 7.39. The summed E-state index contributed by atoms with van der Waals surface area (Å²) < 4.78 is 0. The van der Waals surface area contributed by atoms with Crippen molar-refractivity contribution < 1.29 is 9.90 Å². The number of nitrogens with one attached hydrogen (secondary N) is 1. The van der Waals surface area contributed by atoms with Gasteiger partial charge in [0, 0.05) is 11.9 Å². The van der Waals surface area contributed by atoms with E-state index < -0.39 is 5.97 Å². The van der Waals surface area contributed by atoms with E-state index in [4.69, 9.17) is 0 Å². The zero-order valence-corrected chi connectivity index (χ0v) is 12.4. The largest absolute Gasteiger partial charge is 0.478 e. The van der Waals surface area contributed by atoms with Crippen LogP contribution >= 0.6 is 0 Å². The molecule has 1 aromatic carbocycles. The second-order valence-corrected chi connectivity index (χ2v) is 6.25. The number of anilines is 1. The summed E-state index contributed by atoms with van der Waals surface area (Å²) in [6, 6.07) is 9.00. The summed E-state index contributed by atoms with van der Waals surface area (Å²) in [5.74, 6) is 0.365. The van der Waals surface area contributed by atoms with Gasteiger partial charge < -0.3 is 10.4 Å². The third kappa shape index (κ3) is 2.58. The Morgan fingerprint density at radius 1 is 1.38 bits per heavy atom. The molecule has 0 unspecified atom stereocenters. The summed E-state index contributed by atoms with van der Waals surface area (Å²) in [5.41, 5.74) is 1.38. The van der Waals surface area contributed by atoms with Crippen molar-refractivity contribution in [1.82, 2.24) is 4.98 Å². The van der Waals surface area contributed by atoms with Gasteiger partial charge in [-0.05, 0) is 36.3 Å². The zero-order valence-electron chi connectivity index (χ0n) is 12.4. The summed E-state index contributed by atoms with van der Waals surface area (Å²) in [7, 11) is 0. The third-order valence-corrected chi connectivity index (χ3v) is 4.69. The van der Waals surface area contributed by atoms with Gasteiger partial charge in [-0.3, -0.25) is 0 Å². The SMILES string of the molecule is CC(C)C1(CNc2cc(C(=O)O)c3ccccc3n2)CC1. The molecule has 110 valence electrons. The molecular formula is C17H20N2O2. The summed E-state index contributed by atoms with van der Waals surface area (Å²) in [6.45, 7) is 5.34. The minimum Gasteiger partial charge on any atom is -0.478 e. The lowest BCUT2D eigenvalue weighted by Gasteiger charge is -2.20. The van der Waals surface area contributed by atoms with Crippen molar-refractivity contribution >= 4 is 22.7 Å². The molecule has 4 nitrogen and oxygen atoms in total. The van der Waals surface area contributed by atoms with Gasteiger partial charge in [0.2, 0.25) is 0 Å². The predicted molar refractivity (Wildman–Crippen MR) is 83.7 cm³/mol. The summed E-state index contributed by atoms with van der Waals surface area (Å²) in [4.78, 5) is 16.0. The molecule has 0 saturated heterocycles. The number of benzene rings is 1. The highest BCUT2D eigenvalue weighted by atomic mass is 16.4. The van der Waals surface area contributed by atoms with Gasteiger partial charge in [0.1, 0.15) is 5.82 Å². The van der Waals surface area contributed by atoms with Crippen molar-refractivity contribution in [3.8, 4) is 0 Å². The van der Waals surface area contributed by atoms with Crippen LogP contribution in [0.5, 0.6) is 0 Å². The van der Waals surface area contributed by atoms with Gasteiger partial charge in [-0.25, -0.2) is 9.78 Å². The lowest BCUT2D eigenvalue weighted by Crippen LogP contribution is -2.21. The molecule has 1 aromatic heterocycles. The molecule has 1 saturated carbocycles. The lowest BCUT2D eigenvalue weighted by molar-refractivity contribution is 0.0699. The Hall–Kier alpha value is -2.10. The maximum Gasteiger partial charge on any atom is 0.336 e. The standard InChI is InChI=1S/C17H20N2O2/c1-11(2)17(7-8-17)10-18-15-9-13(16(20)21)12-5-3-4-6-14(12)19-15/h3-6,9,11H,7-8,10H2,1-2H3,(H,18,19)(H,20,21). The summed E-state index contributed by atoms with van der Waals surface area (Å²) >= 11 is 0. The van der Waals surface area contributed by atoms with Crippen molar-refractivity contribution in [2.45, 2.75) is 26.7 Å². The van der Waals surface area contributed by atoms with Crippen LogP contribution in [-0.4, -0.2) is 22.6 Å². The monoisotopic (exact) mass is 284 g/mol. The lowest BCUT2D eigenvalue weighted by atomic mass is 9.92. The minimum atomic E-state index is -0.915. The minimum absolute atomic E-state index is 0.303. The van der Waals surface area contributed by atoms with E-state index in [9.17, 15) is 9.90 Å². The maximum atomic E-state index is 11.4. The highest BCUT2D eigenvalue weighted by Gasteiger charge is 2.44. The van der Waals surface area contributed by atoms with Crippen molar-refractivity contribution in [3.05, 3.63) is 35.9 Å². The van der Waals surface area contributed by atoms with Gasteiger partial charge in [-0.2, -0.15) is 0 Å². The van der Waals surface area contributed by atoms with E-state index in [2.05, 4.69) is 24.1 Å². The number of pyridine rings is 1. The van der Waals surface area contributed by atoms with Gasteiger partial charge in [0.25, 0.3) is 0 Å². The van der Waals surface area contributed by atoms with E-state index in [1.54, 1.807) is 12.1 Å². The first kappa shape index (κ1) is 13.9. The average Bonchev–Trinajstić information content (AvgIpc) is 3.25. The van der Waals surface area contributed by atoms with Crippen LogP contribution in [0.4, 0.5) is 5.82 Å². The summed E-state index contributed by atoms with van der Waals surface area (Å²) in [6.07, 6.45) is 2.47. The number of rotatable bonds is 5. The maximum absolute atomic E-state index is 11.4. The van der Waals surface area contributed by atoms with Crippen LogP contribution in [0.25, 0.3) is 10.9 Å². The molecule has 1 fully saturated rings. The van der Waals surface area contributed by atoms with Crippen molar-refractivity contribution in [2.75, 3.05) is 11.9 Å². The van der Waals surface area contributed by atoms with Crippen LogP contribution in [0.15, 0.2) is 30.3 Å². The number of carboxylic acid groups (broad SMARTS) is 1. The van der Waals surface area contributed by atoms with Gasteiger partial charge >= 0.3 is 5.97 Å². The first-order valence-corrected chi connectivity index (χ1v) is 7.39. The molecule has 3 rings (SSSR count). The highest BCUT2D eigenvalue weighted by molar-refractivity contribution is 6.03. The Balaban J connectivity index is 1.91. The molecule has 1 aliphatic carbocycles. The van der Waals surface area contributed by atoms with Gasteiger partial charge in [0.15, 0.2) is 0 Å². The van der Waals surface area contributed by atoms with Crippen LogP contribution in [0.2, 0.25) is 0 Å².